The minimum Gasteiger partial charge on any atom is -0.488 e. The van der Waals surface area contributed by atoms with E-state index >= 15 is 0 Å². The van der Waals surface area contributed by atoms with Crippen molar-refractivity contribution in [2.24, 2.45) is 0 Å². The van der Waals surface area contributed by atoms with Crippen molar-refractivity contribution in [1.29, 1.82) is 0 Å². The van der Waals surface area contributed by atoms with E-state index in [4.69, 9.17) is 14.2 Å². The Labute approximate surface area is 203 Å². The molecule has 2 heterocycles. The Morgan fingerprint density at radius 1 is 1.18 bits per heavy atom. The molecule has 0 bridgehead atoms. The van der Waals surface area contributed by atoms with Crippen LogP contribution in [-0.2, 0) is 34.4 Å². The van der Waals surface area contributed by atoms with E-state index in [0.717, 1.165) is 40.2 Å². The van der Waals surface area contributed by atoms with E-state index in [1.54, 1.807) is 0 Å². The van der Waals surface area contributed by atoms with Crippen LogP contribution >= 0.6 is 0 Å². The summed E-state index contributed by atoms with van der Waals surface area (Å²) in [7, 11) is 0. The SMILES string of the molecule is Cc1c2c(c(CC[C@H]3C[C@H](O)CC(=O)O3)c(C(C)(C)C)c1OCc1ccccc1)OC(C)(C)C2. The summed E-state index contributed by atoms with van der Waals surface area (Å²) in [5.41, 5.74) is 5.30. The molecule has 0 unspecified atom stereocenters. The molecule has 5 nitrogen and oxygen atoms in total. The average molecular weight is 467 g/mol. The first-order valence-electron chi connectivity index (χ1n) is 12.4. The third kappa shape index (κ3) is 5.25. The topological polar surface area (TPSA) is 65.0 Å². The Bertz CT molecular complexity index is 1050. The van der Waals surface area contributed by atoms with Gasteiger partial charge in [0.1, 0.15) is 29.8 Å². The number of ether oxygens (including phenoxy) is 3. The third-order valence-electron chi connectivity index (χ3n) is 6.78. The smallest absolute Gasteiger partial charge is 0.308 e. The van der Waals surface area contributed by atoms with Crippen LogP contribution in [0.25, 0.3) is 0 Å². The first-order chi connectivity index (χ1) is 15.9. The maximum absolute atomic E-state index is 11.9. The van der Waals surface area contributed by atoms with Crippen LogP contribution in [0.2, 0.25) is 0 Å². The highest BCUT2D eigenvalue weighted by molar-refractivity contribution is 5.71. The lowest BCUT2D eigenvalue weighted by Gasteiger charge is -2.31. The Balaban J connectivity index is 1.75. The Kier molecular flexibility index (Phi) is 6.69. The van der Waals surface area contributed by atoms with Gasteiger partial charge in [0.25, 0.3) is 0 Å². The fourth-order valence-electron chi connectivity index (χ4n) is 5.29. The largest absolute Gasteiger partial charge is 0.488 e. The van der Waals surface area contributed by atoms with Crippen LogP contribution in [0, 0.1) is 6.92 Å². The summed E-state index contributed by atoms with van der Waals surface area (Å²) in [5.74, 6) is 1.58. The predicted molar refractivity (Wildman–Crippen MR) is 133 cm³/mol. The van der Waals surface area contributed by atoms with Crippen molar-refractivity contribution in [3.63, 3.8) is 0 Å². The minimum atomic E-state index is -0.628. The lowest BCUT2D eigenvalue weighted by atomic mass is 9.78. The molecule has 2 aromatic carbocycles. The number of hydrogen-bond donors (Lipinski definition) is 1. The second-order valence-corrected chi connectivity index (χ2v) is 11.4. The molecule has 0 amide bonds. The molecule has 2 aromatic rings. The quantitative estimate of drug-likeness (QED) is 0.563. The van der Waals surface area contributed by atoms with E-state index in [1.807, 2.05) is 18.2 Å². The molecular weight excluding hydrogens is 428 g/mol. The first-order valence-corrected chi connectivity index (χ1v) is 12.4. The molecular formula is C29H38O5. The zero-order valence-corrected chi connectivity index (χ0v) is 21.4. The van der Waals surface area contributed by atoms with Gasteiger partial charge in [-0.25, -0.2) is 0 Å². The van der Waals surface area contributed by atoms with E-state index in [9.17, 15) is 9.90 Å². The van der Waals surface area contributed by atoms with Crippen molar-refractivity contribution in [3.8, 4) is 11.5 Å². The predicted octanol–water partition coefficient (Wildman–Crippen LogP) is 5.58. The molecule has 0 aromatic heterocycles. The van der Waals surface area contributed by atoms with Crippen LogP contribution < -0.4 is 9.47 Å². The third-order valence-corrected chi connectivity index (χ3v) is 6.78. The number of aliphatic hydroxyl groups excluding tert-OH is 1. The standard InChI is InChI=1S/C29H38O5/c1-18-23-16-29(5,6)34-27(23)22(13-12-21-14-20(30)15-24(31)33-21)25(28(2,3)4)26(18)32-17-19-10-8-7-9-11-19/h7-11,20-21,30H,12-17H2,1-6H3/t20-,21-/m0/s1. The zero-order chi connectivity index (χ0) is 24.7. The number of carbonyl (C=O) groups is 1. The molecule has 2 atom stereocenters. The Morgan fingerprint density at radius 2 is 1.88 bits per heavy atom. The number of rotatable bonds is 6. The van der Waals surface area contributed by atoms with E-state index in [1.165, 1.54) is 5.56 Å². The van der Waals surface area contributed by atoms with Gasteiger partial charge in [-0.2, -0.15) is 0 Å². The van der Waals surface area contributed by atoms with Crippen LogP contribution in [0.3, 0.4) is 0 Å². The molecule has 1 N–H and O–H groups in total. The monoisotopic (exact) mass is 466 g/mol. The van der Waals surface area contributed by atoms with Crippen molar-refractivity contribution in [3.05, 3.63) is 58.1 Å². The summed E-state index contributed by atoms with van der Waals surface area (Å²) in [6, 6.07) is 10.2. The number of benzene rings is 2. The fourth-order valence-corrected chi connectivity index (χ4v) is 5.29. The molecule has 1 saturated heterocycles. The van der Waals surface area contributed by atoms with Gasteiger partial charge in [0, 0.05) is 29.5 Å². The van der Waals surface area contributed by atoms with Gasteiger partial charge in [0.2, 0.25) is 0 Å². The van der Waals surface area contributed by atoms with E-state index in [2.05, 4.69) is 53.7 Å². The van der Waals surface area contributed by atoms with Gasteiger partial charge in [-0.3, -0.25) is 4.79 Å². The molecule has 4 rings (SSSR count). The van der Waals surface area contributed by atoms with Crippen LogP contribution in [0.5, 0.6) is 11.5 Å². The summed E-state index contributed by atoms with van der Waals surface area (Å²) >= 11 is 0. The van der Waals surface area contributed by atoms with Crippen molar-refractivity contribution < 1.29 is 24.1 Å². The maximum atomic E-state index is 11.9. The molecule has 0 spiro atoms. The number of carbonyl (C=O) groups excluding carboxylic acids is 1. The normalized spacial score (nSPS) is 21.6. The lowest BCUT2D eigenvalue weighted by Crippen LogP contribution is -2.33. The Morgan fingerprint density at radius 3 is 2.53 bits per heavy atom. The molecule has 5 heteroatoms. The molecule has 34 heavy (non-hydrogen) atoms. The van der Waals surface area contributed by atoms with Gasteiger partial charge in [0.05, 0.1) is 12.5 Å². The van der Waals surface area contributed by atoms with Crippen molar-refractivity contribution in [2.75, 3.05) is 0 Å². The van der Waals surface area contributed by atoms with Crippen LogP contribution in [0.4, 0.5) is 0 Å². The van der Waals surface area contributed by atoms with Crippen molar-refractivity contribution >= 4 is 5.97 Å². The van der Waals surface area contributed by atoms with Gasteiger partial charge in [0.15, 0.2) is 0 Å². The molecule has 0 radical (unpaired) electrons. The number of esters is 1. The second kappa shape index (κ2) is 9.26. The molecule has 0 saturated carbocycles. The highest BCUT2D eigenvalue weighted by Gasteiger charge is 2.39. The molecule has 2 aliphatic rings. The number of hydrogen-bond acceptors (Lipinski definition) is 5. The summed E-state index contributed by atoms with van der Waals surface area (Å²) in [5, 5.41) is 10.1. The van der Waals surface area contributed by atoms with Crippen LogP contribution in [-0.4, -0.2) is 28.9 Å². The molecule has 1 fully saturated rings. The van der Waals surface area contributed by atoms with E-state index < -0.39 is 6.10 Å². The van der Waals surface area contributed by atoms with Gasteiger partial charge < -0.3 is 19.3 Å². The van der Waals surface area contributed by atoms with Gasteiger partial charge >= 0.3 is 5.97 Å². The fraction of sp³-hybridized carbons (Fsp3) is 0.552. The first kappa shape index (κ1) is 24.6. The summed E-state index contributed by atoms with van der Waals surface area (Å²) in [6.45, 7) is 13.5. The Hall–Kier alpha value is -2.53. The molecule has 2 aliphatic heterocycles. The van der Waals surface area contributed by atoms with Crippen molar-refractivity contribution in [1.82, 2.24) is 0 Å². The second-order valence-electron chi connectivity index (χ2n) is 11.4. The molecule has 0 aliphatic carbocycles. The zero-order valence-electron chi connectivity index (χ0n) is 21.4. The van der Waals surface area contributed by atoms with E-state index in [0.29, 0.717) is 25.9 Å². The van der Waals surface area contributed by atoms with Crippen LogP contribution in [0.1, 0.15) is 81.7 Å². The average Bonchev–Trinajstić information content (AvgIpc) is 3.07. The minimum absolute atomic E-state index is 0.0818. The highest BCUT2D eigenvalue weighted by Crippen LogP contribution is 2.50. The van der Waals surface area contributed by atoms with Gasteiger partial charge in [-0.05, 0) is 50.2 Å². The number of fused-ring (bicyclic) bond motifs is 1. The lowest BCUT2D eigenvalue weighted by molar-refractivity contribution is -0.160. The van der Waals surface area contributed by atoms with Gasteiger partial charge in [-0.15, -0.1) is 0 Å². The summed E-state index contributed by atoms with van der Waals surface area (Å²) < 4.78 is 18.6. The number of cyclic esters (lactones) is 1. The maximum Gasteiger partial charge on any atom is 0.308 e. The molecule has 184 valence electrons. The summed E-state index contributed by atoms with van der Waals surface area (Å²) in [6.07, 6.45) is 1.80. The van der Waals surface area contributed by atoms with Crippen LogP contribution in [0.15, 0.2) is 30.3 Å². The summed E-state index contributed by atoms with van der Waals surface area (Å²) in [4.78, 5) is 11.9. The number of aliphatic hydroxyl groups is 1. The van der Waals surface area contributed by atoms with Gasteiger partial charge in [-0.1, -0.05) is 51.1 Å². The van der Waals surface area contributed by atoms with Crippen molar-refractivity contribution in [2.45, 2.75) is 103 Å². The highest BCUT2D eigenvalue weighted by atomic mass is 16.5. The van der Waals surface area contributed by atoms with E-state index in [-0.39, 0.29) is 29.5 Å².